The van der Waals surface area contributed by atoms with Crippen LogP contribution in [0.1, 0.15) is 25.8 Å². The number of rotatable bonds is 4. The molecule has 0 saturated carbocycles. The Kier molecular flexibility index (Phi) is 4.04. The molecule has 114 valence electrons. The Labute approximate surface area is 123 Å². The van der Waals surface area contributed by atoms with Crippen LogP contribution in [-0.4, -0.2) is 37.2 Å². The maximum absolute atomic E-state index is 12.3. The van der Waals surface area contributed by atoms with Crippen LogP contribution in [0.4, 0.5) is 5.69 Å². The van der Waals surface area contributed by atoms with Crippen molar-refractivity contribution in [3.63, 3.8) is 0 Å². The molecular formula is C14H17NO5S. The molecule has 0 spiro atoms. The number of carbonyl (C=O) groups excluding carboxylic acids is 1. The lowest BCUT2D eigenvalue weighted by Gasteiger charge is -2.16. The summed E-state index contributed by atoms with van der Waals surface area (Å²) in [5.74, 6) is -1.22. The highest BCUT2D eigenvalue weighted by atomic mass is 32.2. The highest BCUT2D eigenvalue weighted by molar-refractivity contribution is 7.92. The van der Waals surface area contributed by atoms with Crippen LogP contribution in [0.2, 0.25) is 0 Å². The van der Waals surface area contributed by atoms with Gasteiger partial charge in [0, 0.05) is 19.2 Å². The first kappa shape index (κ1) is 15.5. The first-order valence-electron chi connectivity index (χ1n) is 6.60. The predicted octanol–water partition coefficient (Wildman–Crippen LogP) is 1.23. The van der Waals surface area contributed by atoms with Gasteiger partial charge in [-0.25, -0.2) is 8.42 Å². The molecule has 1 aliphatic rings. The molecule has 21 heavy (non-hydrogen) atoms. The fourth-order valence-electron chi connectivity index (χ4n) is 2.47. The third-order valence-corrected chi connectivity index (χ3v) is 5.78. The Morgan fingerprint density at radius 2 is 2.05 bits per heavy atom. The van der Waals surface area contributed by atoms with Crippen LogP contribution < -0.4 is 4.90 Å². The van der Waals surface area contributed by atoms with E-state index in [1.165, 1.54) is 19.9 Å². The number of anilines is 1. The Morgan fingerprint density at radius 1 is 1.38 bits per heavy atom. The molecule has 0 aliphatic carbocycles. The normalized spacial score (nSPS) is 15.6. The maximum atomic E-state index is 12.3. The fourth-order valence-corrected chi connectivity index (χ4v) is 3.86. The molecule has 7 heteroatoms. The SMILES string of the molecule is CC(=O)N1CCc2cc(S(=O)(=O)[C@H](C)CC(=O)O)ccc21. The first-order valence-corrected chi connectivity index (χ1v) is 8.15. The molecule has 1 aromatic rings. The van der Waals surface area contributed by atoms with Crippen LogP contribution in [0.15, 0.2) is 23.1 Å². The van der Waals surface area contributed by atoms with Crippen LogP contribution in [-0.2, 0) is 25.8 Å². The van der Waals surface area contributed by atoms with E-state index in [9.17, 15) is 18.0 Å². The standard InChI is InChI=1S/C14H17NO5S/c1-9(7-14(17)18)21(19,20)12-3-4-13-11(8-12)5-6-15(13)10(2)16/h3-4,8-9H,5-7H2,1-2H3,(H,17,18)/t9-/m1/s1. The molecule has 0 aromatic heterocycles. The smallest absolute Gasteiger partial charge is 0.304 e. The van der Waals surface area contributed by atoms with Crippen LogP contribution in [0, 0.1) is 0 Å². The third-order valence-electron chi connectivity index (χ3n) is 3.65. The highest BCUT2D eigenvalue weighted by Crippen LogP contribution is 2.31. The monoisotopic (exact) mass is 311 g/mol. The third kappa shape index (κ3) is 2.92. The van der Waals surface area contributed by atoms with Crippen molar-refractivity contribution in [1.82, 2.24) is 0 Å². The lowest BCUT2D eigenvalue weighted by molar-refractivity contribution is -0.137. The number of nitrogens with zero attached hydrogens (tertiary/aromatic N) is 1. The van der Waals surface area contributed by atoms with Gasteiger partial charge in [-0.3, -0.25) is 9.59 Å². The van der Waals surface area contributed by atoms with Gasteiger partial charge in [0.2, 0.25) is 5.91 Å². The summed E-state index contributed by atoms with van der Waals surface area (Å²) in [6.07, 6.45) is 0.171. The molecule has 6 nitrogen and oxygen atoms in total. The summed E-state index contributed by atoms with van der Waals surface area (Å²) in [5, 5.41) is 7.75. The average Bonchev–Trinajstić information content (AvgIpc) is 2.80. The van der Waals surface area contributed by atoms with Gasteiger partial charge in [-0.15, -0.1) is 0 Å². The Bertz CT molecular complexity index is 695. The van der Waals surface area contributed by atoms with Gasteiger partial charge in [0.15, 0.2) is 9.84 Å². The predicted molar refractivity (Wildman–Crippen MR) is 77.1 cm³/mol. The van der Waals surface area contributed by atoms with Crippen LogP contribution >= 0.6 is 0 Å². The van der Waals surface area contributed by atoms with Gasteiger partial charge in [-0.05, 0) is 37.1 Å². The number of benzene rings is 1. The number of sulfone groups is 1. The Balaban J connectivity index is 2.35. The average molecular weight is 311 g/mol. The van der Waals surface area contributed by atoms with Gasteiger partial charge in [-0.1, -0.05) is 0 Å². The number of hydrogen-bond acceptors (Lipinski definition) is 4. The van der Waals surface area contributed by atoms with Crippen molar-refractivity contribution in [2.75, 3.05) is 11.4 Å². The van der Waals surface area contributed by atoms with Crippen molar-refractivity contribution in [3.05, 3.63) is 23.8 Å². The van der Waals surface area contributed by atoms with E-state index in [1.807, 2.05) is 0 Å². The molecule has 2 rings (SSSR count). The van der Waals surface area contributed by atoms with E-state index in [1.54, 1.807) is 17.0 Å². The van der Waals surface area contributed by atoms with Crippen molar-refractivity contribution in [3.8, 4) is 0 Å². The number of carboxylic acid groups (broad SMARTS) is 1. The lowest BCUT2D eigenvalue weighted by atomic mass is 10.2. The molecule has 1 aromatic carbocycles. The Hall–Kier alpha value is -1.89. The number of hydrogen-bond donors (Lipinski definition) is 1. The maximum Gasteiger partial charge on any atom is 0.304 e. The van der Waals surface area contributed by atoms with Crippen LogP contribution in [0.5, 0.6) is 0 Å². The van der Waals surface area contributed by atoms with E-state index < -0.39 is 27.5 Å². The topological polar surface area (TPSA) is 91.8 Å². The van der Waals surface area contributed by atoms with Gasteiger partial charge in [0.05, 0.1) is 16.6 Å². The van der Waals surface area contributed by atoms with E-state index in [0.717, 1.165) is 11.3 Å². The lowest BCUT2D eigenvalue weighted by Crippen LogP contribution is -2.25. The van der Waals surface area contributed by atoms with Crippen LogP contribution in [0.3, 0.4) is 0 Å². The van der Waals surface area contributed by atoms with E-state index in [2.05, 4.69) is 0 Å². The van der Waals surface area contributed by atoms with Crippen molar-refractivity contribution in [1.29, 1.82) is 0 Å². The summed E-state index contributed by atoms with van der Waals surface area (Å²) in [4.78, 5) is 23.9. The van der Waals surface area contributed by atoms with Crippen molar-refractivity contribution in [2.24, 2.45) is 0 Å². The molecule has 1 atom stereocenters. The van der Waals surface area contributed by atoms with E-state index >= 15 is 0 Å². The van der Waals surface area contributed by atoms with Gasteiger partial charge in [-0.2, -0.15) is 0 Å². The molecule has 1 amide bonds. The first-order chi connectivity index (χ1) is 9.73. The molecule has 0 unspecified atom stereocenters. The summed E-state index contributed by atoms with van der Waals surface area (Å²) >= 11 is 0. The molecular weight excluding hydrogens is 294 g/mol. The van der Waals surface area contributed by atoms with E-state index in [0.29, 0.717) is 13.0 Å². The zero-order chi connectivity index (χ0) is 15.8. The molecule has 1 aliphatic heterocycles. The fraction of sp³-hybridized carbons (Fsp3) is 0.429. The molecule has 1 heterocycles. The van der Waals surface area contributed by atoms with Gasteiger partial charge in [0.1, 0.15) is 0 Å². The molecule has 0 fully saturated rings. The summed E-state index contributed by atoms with van der Waals surface area (Å²) in [6, 6.07) is 4.60. The van der Waals surface area contributed by atoms with Crippen molar-refractivity contribution < 1.29 is 23.1 Å². The van der Waals surface area contributed by atoms with Crippen molar-refractivity contribution in [2.45, 2.75) is 36.8 Å². The van der Waals surface area contributed by atoms with Gasteiger partial charge >= 0.3 is 5.97 Å². The zero-order valence-electron chi connectivity index (χ0n) is 11.9. The van der Waals surface area contributed by atoms with Gasteiger partial charge < -0.3 is 10.0 Å². The summed E-state index contributed by atoms with van der Waals surface area (Å²) < 4.78 is 24.7. The second-order valence-electron chi connectivity index (χ2n) is 5.16. The Morgan fingerprint density at radius 3 is 2.62 bits per heavy atom. The summed E-state index contributed by atoms with van der Waals surface area (Å²) in [5.41, 5.74) is 1.53. The minimum absolute atomic E-state index is 0.0800. The minimum atomic E-state index is -3.68. The zero-order valence-corrected chi connectivity index (χ0v) is 12.7. The molecule has 1 N–H and O–H groups in total. The number of carboxylic acids is 1. The quantitative estimate of drug-likeness (QED) is 0.903. The molecule has 0 radical (unpaired) electrons. The summed E-state index contributed by atoms with van der Waals surface area (Å²) in [7, 11) is -3.68. The number of carbonyl (C=O) groups is 2. The van der Waals surface area contributed by atoms with E-state index in [-0.39, 0.29) is 10.8 Å². The largest absolute Gasteiger partial charge is 0.481 e. The van der Waals surface area contributed by atoms with Crippen molar-refractivity contribution >= 4 is 27.4 Å². The molecule has 0 saturated heterocycles. The summed E-state index contributed by atoms with van der Waals surface area (Å²) in [6.45, 7) is 3.39. The number of amides is 1. The number of aliphatic carboxylic acids is 1. The second kappa shape index (κ2) is 5.48. The van der Waals surface area contributed by atoms with E-state index in [4.69, 9.17) is 5.11 Å². The second-order valence-corrected chi connectivity index (χ2v) is 7.53. The van der Waals surface area contributed by atoms with Crippen LogP contribution in [0.25, 0.3) is 0 Å². The molecule has 0 bridgehead atoms. The minimum Gasteiger partial charge on any atom is -0.481 e. The number of fused-ring (bicyclic) bond motifs is 1. The highest BCUT2D eigenvalue weighted by Gasteiger charge is 2.28. The van der Waals surface area contributed by atoms with Gasteiger partial charge in [0.25, 0.3) is 0 Å².